The first kappa shape index (κ1) is 17.7. The smallest absolute Gasteiger partial charge is 0.336 e. The van der Waals surface area contributed by atoms with Crippen molar-refractivity contribution in [1.29, 1.82) is 0 Å². The molecule has 0 radical (unpaired) electrons. The Morgan fingerprint density at radius 2 is 2.17 bits per heavy atom. The summed E-state index contributed by atoms with van der Waals surface area (Å²) >= 11 is 0. The third-order valence-corrected chi connectivity index (χ3v) is 6.82. The van der Waals surface area contributed by atoms with Gasteiger partial charge in [-0.2, -0.15) is 0 Å². The molecule has 4 nitrogen and oxygen atoms in total. The highest BCUT2D eigenvalue weighted by Gasteiger charge is 2.48. The molecule has 1 saturated heterocycles. The van der Waals surface area contributed by atoms with Gasteiger partial charge >= 0.3 is 5.97 Å². The minimum absolute atomic E-state index is 0.0924. The molecule has 4 heteroatoms. The van der Waals surface area contributed by atoms with Crippen molar-refractivity contribution < 1.29 is 19.4 Å². The van der Waals surface area contributed by atoms with Gasteiger partial charge < -0.3 is 14.6 Å². The van der Waals surface area contributed by atoms with E-state index < -0.39 is 6.10 Å². The van der Waals surface area contributed by atoms with Crippen molar-refractivity contribution >= 4 is 5.97 Å². The lowest BCUT2D eigenvalue weighted by Crippen LogP contribution is -2.46. The Hall–Kier alpha value is -1.13. The molecule has 5 atom stereocenters. The van der Waals surface area contributed by atoms with Crippen LogP contribution in [0, 0.1) is 17.3 Å². The van der Waals surface area contributed by atoms with Gasteiger partial charge in [0.15, 0.2) is 0 Å². The highest BCUT2D eigenvalue weighted by Crippen LogP contribution is 2.56. The summed E-state index contributed by atoms with van der Waals surface area (Å²) in [7, 11) is 1.83. The average molecular weight is 334 g/mol. The summed E-state index contributed by atoms with van der Waals surface area (Å²) in [4.78, 5) is 11.8. The Labute approximate surface area is 144 Å². The van der Waals surface area contributed by atoms with Gasteiger partial charge in [-0.3, -0.25) is 0 Å². The molecule has 24 heavy (non-hydrogen) atoms. The Bertz CT molecular complexity index is 576. The predicted molar refractivity (Wildman–Crippen MR) is 92.4 cm³/mol. The van der Waals surface area contributed by atoms with E-state index in [-0.39, 0.29) is 18.0 Å². The van der Waals surface area contributed by atoms with Crippen LogP contribution in [-0.2, 0) is 14.3 Å². The van der Waals surface area contributed by atoms with E-state index in [1.165, 1.54) is 17.6 Å². The highest BCUT2D eigenvalue weighted by atomic mass is 16.6. The van der Waals surface area contributed by atoms with Crippen LogP contribution in [0.5, 0.6) is 0 Å². The number of aliphatic hydroxyl groups is 1. The molecule has 0 bridgehead atoms. The molecule has 134 valence electrons. The van der Waals surface area contributed by atoms with Crippen LogP contribution < -0.4 is 0 Å². The van der Waals surface area contributed by atoms with Crippen LogP contribution in [0.25, 0.3) is 0 Å². The molecule has 1 N–H and O–H groups in total. The van der Waals surface area contributed by atoms with Gasteiger partial charge in [0.1, 0.15) is 12.7 Å². The van der Waals surface area contributed by atoms with Gasteiger partial charge in [0.05, 0.1) is 11.7 Å². The summed E-state index contributed by atoms with van der Waals surface area (Å²) in [5.41, 5.74) is 3.51. The number of cyclic esters (lactones) is 1. The van der Waals surface area contributed by atoms with E-state index in [9.17, 15) is 9.90 Å². The molecular weight excluding hydrogens is 304 g/mol. The molecule has 3 aliphatic rings. The van der Waals surface area contributed by atoms with Crippen molar-refractivity contribution in [3.05, 3.63) is 22.8 Å². The molecule has 0 aromatic carbocycles. The Kier molecular flexibility index (Phi) is 4.89. The molecule has 1 aliphatic heterocycles. The standard InChI is InChI=1S/C20H30O4/c1-12-5-7-16-13(2)18(23-4)9-10-20(16,3)15(12)8-6-14-17(21)11-24-19(14)22/h6,13,16-18,21H,5,7-11H2,1-4H3/b14-6+/t13-,16-,17-,18-,20+/m1/s1. The van der Waals surface area contributed by atoms with Crippen molar-refractivity contribution in [2.24, 2.45) is 17.3 Å². The van der Waals surface area contributed by atoms with Gasteiger partial charge in [-0.05, 0) is 56.3 Å². The minimum atomic E-state index is -0.770. The van der Waals surface area contributed by atoms with Crippen LogP contribution in [0.15, 0.2) is 22.8 Å². The quantitative estimate of drug-likeness (QED) is 0.488. The zero-order valence-electron chi connectivity index (χ0n) is 15.3. The van der Waals surface area contributed by atoms with Crippen LogP contribution in [0.1, 0.15) is 52.9 Å². The van der Waals surface area contributed by atoms with Crippen molar-refractivity contribution in [3.63, 3.8) is 0 Å². The molecule has 2 aliphatic carbocycles. The Morgan fingerprint density at radius 3 is 2.79 bits per heavy atom. The fourth-order valence-electron chi connectivity index (χ4n) is 5.33. The number of hydrogen-bond acceptors (Lipinski definition) is 4. The number of fused-ring (bicyclic) bond motifs is 1. The second kappa shape index (κ2) is 6.64. The molecule has 2 fully saturated rings. The van der Waals surface area contributed by atoms with E-state index in [0.29, 0.717) is 23.5 Å². The van der Waals surface area contributed by atoms with Crippen molar-refractivity contribution in [1.82, 2.24) is 0 Å². The van der Waals surface area contributed by atoms with Crippen molar-refractivity contribution in [2.75, 3.05) is 13.7 Å². The number of aliphatic hydroxyl groups excluding tert-OH is 1. The number of carbonyl (C=O) groups is 1. The SMILES string of the molecule is CO[C@@H]1CC[C@@]2(C)C(C/C=C3/C(=O)OC[C@H]3O)=C(C)CC[C@@H]2[C@H]1C. The number of allylic oxidation sites excluding steroid dienone is 3. The van der Waals surface area contributed by atoms with Crippen LogP contribution in [0.4, 0.5) is 0 Å². The van der Waals surface area contributed by atoms with E-state index >= 15 is 0 Å². The van der Waals surface area contributed by atoms with E-state index in [1.54, 1.807) is 0 Å². The molecule has 0 aromatic heterocycles. The number of esters is 1. The Balaban J connectivity index is 1.86. The third kappa shape index (κ3) is 2.84. The van der Waals surface area contributed by atoms with Gasteiger partial charge in [0, 0.05) is 7.11 Å². The van der Waals surface area contributed by atoms with Gasteiger partial charge in [-0.25, -0.2) is 4.79 Å². The zero-order valence-corrected chi connectivity index (χ0v) is 15.3. The fourth-order valence-corrected chi connectivity index (χ4v) is 5.33. The number of rotatable bonds is 3. The van der Waals surface area contributed by atoms with E-state index in [0.717, 1.165) is 25.7 Å². The van der Waals surface area contributed by atoms with Gasteiger partial charge in [0.2, 0.25) is 0 Å². The maximum atomic E-state index is 11.8. The van der Waals surface area contributed by atoms with Gasteiger partial charge in [-0.15, -0.1) is 0 Å². The molecule has 3 rings (SSSR count). The number of carbonyl (C=O) groups excluding carboxylic acids is 1. The van der Waals surface area contributed by atoms with Gasteiger partial charge in [0.25, 0.3) is 0 Å². The monoisotopic (exact) mass is 334 g/mol. The summed E-state index contributed by atoms with van der Waals surface area (Å²) in [6, 6.07) is 0. The fraction of sp³-hybridized carbons (Fsp3) is 0.750. The first-order valence-electron chi connectivity index (χ1n) is 9.15. The van der Waals surface area contributed by atoms with Crippen LogP contribution >= 0.6 is 0 Å². The molecule has 0 aromatic rings. The number of ether oxygens (including phenoxy) is 2. The average Bonchev–Trinajstić information content (AvgIpc) is 2.86. The molecule has 1 saturated carbocycles. The second-order valence-corrected chi connectivity index (χ2v) is 7.97. The lowest BCUT2D eigenvalue weighted by Gasteiger charge is -2.52. The Morgan fingerprint density at radius 1 is 1.42 bits per heavy atom. The first-order chi connectivity index (χ1) is 11.4. The molecule has 1 heterocycles. The van der Waals surface area contributed by atoms with Gasteiger partial charge in [-0.1, -0.05) is 31.1 Å². The molecule has 0 spiro atoms. The third-order valence-electron chi connectivity index (χ3n) is 6.82. The topological polar surface area (TPSA) is 55.8 Å². The number of hydrogen-bond donors (Lipinski definition) is 1. The highest BCUT2D eigenvalue weighted by molar-refractivity contribution is 5.91. The molecule has 0 amide bonds. The molecular formula is C20H30O4. The summed E-state index contributed by atoms with van der Waals surface area (Å²) in [5.74, 6) is 0.801. The molecule has 0 unspecified atom stereocenters. The van der Waals surface area contributed by atoms with Crippen LogP contribution in [0.3, 0.4) is 0 Å². The number of methoxy groups -OCH3 is 1. The van der Waals surface area contributed by atoms with E-state index in [4.69, 9.17) is 9.47 Å². The maximum Gasteiger partial charge on any atom is 0.336 e. The normalized spacial score (nSPS) is 41.5. The predicted octanol–water partition coefficient (Wildman–Crippen LogP) is 3.40. The lowest BCUT2D eigenvalue weighted by atomic mass is 9.54. The maximum absolute atomic E-state index is 11.8. The second-order valence-electron chi connectivity index (χ2n) is 7.97. The van der Waals surface area contributed by atoms with E-state index in [2.05, 4.69) is 20.8 Å². The minimum Gasteiger partial charge on any atom is -0.459 e. The summed E-state index contributed by atoms with van der Waals surface area (Å²) in [6.07, 6.45) is 6.78. The summed E-state index contributed by atoms with van der Waals surface area (Å²) < 4.78 is 10.6. The summed E-state index contributed by atoms with van der Waals surface area (Å²) in [5, 5.41) is 9.91. The largest absolute Gasteiger partial charge is 0.459 e. The van der Waals surface area contributed by atoms with E-state index in [1.807, 2.05) is 13.2 Å². The van der Waals surface area contributed by atoms with Crippen molar-refractivity contribution in [2.45, 2.75) is 65.1 Å². The summed E-state index contributed by atoms with van der Waals surface area (Å²) in [6.45, 7) is 7.03. The lowest BCUT2D eigenvalue weighted by molar-refractivity contribution is -0.135. The van der Waals surface area contributed by atoms with Crippen LogP contribution in [0.2, 0.25) is 0 Å². The zero-order chi connectivity index (χ0) is 17.5. The van der Waals surface area contributed by atoms with Crippen molar-refractivity contribution in [3.8, 4) is 0 Å². The van der Waals surface area contributed by atoms with Crippen LogP contribution in [-0.4, -0.2) is 37.0 Å². The first-order valence-corrected chi connectivity index (χ1v) is 9.15.